The highest BCUT2D eigenvalue weighted by Gasteiger charge is 2.33. The standard InChI is InChI=1S/C31H29F2N7O3/c1-31(2,43)30(42)38-13-10-23(11-14-38)39-18-35-28(19-3-5-21(32)6-4-19)29(39)24-7-8-27-36-22(17-40(27)37-24)16-25(41)20-9-12-34-26(33)15-20/h3-9,12,15,17-18,23,43H,10-11,13-14,16H2,1-2H3. The summed E-state index contributed by atoms with van der Waals surface area (Å²) in [5.41, 5.74) is 2.42. The van der Waals surface area contributed by atoms with E-state index in [9.17, 15) is 23.5 Å². The summed E-state index contributed by atoms with van der Waals surface area (Å²) in [7, 11) is 0. The molecule has 5 aromatic rings. The number of ketones is 1. The summed E-state index contributed by atoms with van der Waals surface area (Å²) in [5.74, 6) is -1.69. The number of piperidine rings is 1. The predicted octanol–water partition coefficient (Wildman–Crippen LogP) is 4.29. The number of benzene rings is 1. The Hall–Kier alpha value is -4.84. The van der Waals surface area contributed by atoms with Crippen molar-refractivity contribution in [1.82, 2.24) is 34.0 Å². The molecule has 0 unspecified atom stereocenters. The van der Waals surface area contributed by atoms with E-state index in [-0.39, 0.29) is 35.5 Å². The van der Waals surface area contributed by atoms with Gasteiger partial charge in [0.05, 0.1) is 36.0 Å². The summed E-state index contributed by atoms with van der Waals surface area (Å²) in [6.07, 6.45) is 5.89. The van der Waals surface area contributed by atoms with Crippen molar-refractivity contribution in [2.45, 2.75) is 44.8 Å². The average Bonchev–Trinajstić information content (AvgIpc) is 3.60. The van der Waals surface area contributed by atoms with Crippen LogP contribution >= 0.6 is 0 Å². The molecule has 220 valence electrons. The van der Waals surface area contributed by atoms with Crippen LogP contribution in [0.1, 0.15) is 48.8 Å². The summed E-state index contributed by atoms with van der Waals surface area (Å²) in [6.45, 7) is 3.93. The van der Waals surface area contributed by atoms with Crippen LogP contribution < -0.4 is 0 Å². The van der Waals surface area contributed by atoms with Crippen molar-refractivity contribution in [2.75, 3.05) is 13.1 Å². The molecule has 0 radical (unpaired) electrons. The molecule has 1 fully saturated rings. The third kappa shape index (κ3) is 5.78. The van der Waals surface area contributed by atoms with Crippen molar-refractivity contribution < 1.29 is 23.5 Å². The second kappa shape index (κ2) is 11.1. The van der Waals surface area contributed by atoms with E-state index >= 15 is 0 Å². The van der Waals surface area contributed by atoms with Gasteiger partial charge in [0.1, 0.15) is 17.1 Å². The predicted molar refractivity (Wildman–Crippen MR) is 153 cm³/mol. The Morgan fingerprint density at radius 3 is 2.47 bits per heavy atom. The molecule has 1 N–H and O–H groups in total. The summed E-state index contributed by atoms with van der Waals surface area (Å²) >= 11 is 0. The first kappa shape index (κ1) is 28.3. The number of amides is 1. The molecule has 0 bridgehead atoms. The Morgan fingerprint density at radius 2 is 1.77 bits per heavy atom. The van der Waals surface area contributed by atoms with E-state index in [1.165, 1.54) is 38.2 Å². The number of pyridine rings is 1. The first-order chi connectivity index (χ1) is 20.6. The van der Waals surface area contributed by atoms with E-state index in [2.05, 4.69) is 9.97 Å². The Balaban J connectivity index is 1.33. The van der Waals surface area contributed by atoms with Crippen LogP contribution in [0.2, 0.25) is 0 Å². The smallest absolute Gasteiger partial charge is 0.253 e. The minimum Gasteiger partial charge on any atom is -0.381 e. The number of hydrogen-bond donors (Lipinski definition) is 1. The fraction of sp³-hybridized carbons (Fsp3) is 0.290. The van der Waals surface area contributed by atoms with Gasteiger partial charge in [-0.15, -0.1) is 0 Å². The van der Waals surface area contributed by atoms with Crippen molar-refractivity contribution in [3.63, 3.8) is 0 Å². The van der Waals surface area contributed by atoms with Gasteiger partial charge in [-0.05, 0) is 69.2 Å². The molecule has 12 heteroatoms. The van der Waals surface area contributed by atoms with E-state index in [0.29, 0.717) is 54.2 Å². The molecule has 4 aromatic heterocycles. The van der Waals surface area contributed by atoms with Crippen LogP contribution in [0.4, 0.5) is 8.78 Å². The van der Waals surface area contributed by atoms with E-state index in [1.54, 1.807) is 40.1 Å². The number of Topliss-reactive ketones (excluding diaryl/α,β-unsaturated/α-hetero) is 1. The molecule has 10 nitrogen and oxygen atoms in total. The molecular formula is C31H29F2N7O3. The van der Waals surface area contributed by atoms with Crippen LogP contribution in [0.15, 0.2) is 67.3 Å². The first-order valence-electron chi connectivity index (χ1n) is 13.9. The zero-order valence-electron chi connectivity index (χ0n) is 23.6. The van der Waals surface area contributed by atoms with Gasteiger partial charge >= 0.3 is 0 Å². The Morgan fingerprint density at radius 1 is 1.02 bits per heavy atom. The molecule has 1 aliphatic heterocycles. The molecule has 6 rings (SSSR count). The molecule has 0 atom stereocenters. The van der Waals surface area contributed by atoms with Crippen LogP contribution in [0.5, 0.6) is 0 Å². The number of aromatic nitrogens is 6. The monoisotopic (exact) mass is 585 g/mol. The van der Waals surface area contributed by atoms with Crippen molar-refractivity contribution in [2.24, 2.45) is 0 Å². The normalized spacial score (nSPS) is 14.4. The Kier molecular flexibility index (Phi) is 7.30. The minimum atomic E-state index is -1.44. The third-order valence-electron chi connectivity index (χ3n) is 7.58. The third-order valence-corrected chi connectivity index (χ3v) is 7.58. The zero-order valence-corrected chi connectivity index (χ0v) is 23.6. The van der Waals surface area contributed by atoms with Gasteiger partial charge < -0.3 is 14.6 Å². The van der Waals surface area contributed by atoms with Gasteiger partial charge in [0.15, 0.2) is 11.4 Å². The number of imidazole rings is 2. The lowest BCUT2D eigenvalue weighted by Gasteiger charge is -2.36. The number of likely N-dealkylation sites (tertiary alicyclic amines) is 1. The maximum Gasteiger partial charge on any atom is 0.253 e. The molecule has 0 spiro atoms. The topological polar surface area (TPSA) is 119 Å². The second-order valence-electron chi connectivity index (χ2n) is 11.2. The van der Waals surface area contributed by atoms with Gasteiger partial charge in [-0.2, -0.15) is 9.49 Å². The number of rotatable bonds is 7. The number of carbonyl (C=O) groups excluding carboxylic acids is 2. The van der Waals surface area contributed by atoms with Crippen LogP contribution in [-0.4, -0.2) is 69.5 Å². The van der Waals surface area contributed by atoms with Crippen molar-refractivity contribution in [3.8, 4) is 22.6 Å². The summed E-state index contributed by atoms with van der Waals surface area (Å²) in [5, 5.41) is 15.0. The van der Waals surface area contributed by atoms with Crippen LogP contribution in [-0.2, 0) is 11.2 Å². The van der Waals surface area contributed by atoms with Gasteiger partial charge in [0.2, 0.25) is 5.95 Å². The van der Waals surface area contributed by atoms with Gasteiger partial charge in [-0.1, -0.05) is 0 Å². The molecule has 0 aliphatic carbocycles. The second-order valence-corrected chi connectivity index (χ2v) is 11.2. The number of fused-ring (bicyclic) bond motifs is 1. The van der Waals surface area contributed by atoms with Gasteiger partial charge in [0.25, 0.3) is 5.91 Å². The number of nitrogens with zero attached hydrogens (tertiary/aromatic N) is 7. The zero-order chi connectivity index (χ0) is 30.3. The van der Waals surface area contributed by atoms with Gasteiger partial charge in [0, 0.05) is 42.5 Å². The van der Waals surface area contributed by atoms with Crippen molar-refractivity contribution in [3.05, 3.63) is 90.3 Å². The van der Waals surface area contributed by atoms with Crippen LogP contribution in [0.25, 0.3) is 28.3 Å². The molecule has 5 heterocycles. The highest BCUT2D eigenvalue weighted by molar-refractivity contribution is 5.97. The summed E-state index contributed by atoms with van der Waals surface area (Å²) in [4.78, 5) is 39.7. The lowest BCUT2D eigenvalue weighted by atomic mass is 10.0. The van der Waals surface area contributed by atoms with Crippen LogP contribution in [0.3, 0.4) is 0 Å². The molecule has 1 aliphatic rings. The van der Waals surface area contributed by atoms with Crippen molar-refractivity contribution in [1.29, 1.82) is 0 Å². The largest absolute Gasteiger partial charge is 0.381 e. The SMILES string of the molecule is CC(C)(O)C(=O)N1CCC(n2cnc(-c3ccc(F)cc3)c2-c2ccc3nc(CC(=O)c4ccnc(F)c4)cn3n2)CC1. The van der Waals surface area contributed by atoms with E-state index in [1.807, 2.05) is 10.6 Å². The maximum absolute atomic E-state index is 13.8. The number of carbonyl (C=O) groups is 2. The summed E-state index contributed by atoms with van der Waals surface area (Å²) < 4.78 is 30.9. The molecule has 1 amide bonds. The molecule has 0 saturated carbocycles. The number of aliphatic hydroxyl groups is 1. The lowest BCUT2D eigenvalue weighted by Crippen LogP contribution is -2.48. The number of hydrogen-bond acceptors (Lipinski definition) is 7. The van der Waals surface area contributed by atoms with Crippen LogP contribution in [0, 0.1) is 11.8 Å². The average molecular weight is 586 g/mol. The first-order valence-corrected chi connectivity index (χ1v) is 13.9. The van der Waals surface area contributed by atoms with Gasteiger partial charge in [-0.3, -0.25) is 9.59 Å². The highest BCUT2D eigenvalue weighted by Crippen LogP contribution is 2.35. The Bertz CT molecular complexity index is 1820. The van der Waals surface area contributed by atoms with Gasteiger partial charge in [-0.25, -0.2) is 23.9 Å². The Labute approximate surface area is 245 Å². The molecule has 1 aromatic carbocycles. The van der Waals surface area contributed by atoms with E-state index < -0.39 is 11.5 Å². The lowest BCUT2D eigenvalue weighted by molar-refractivity contribution is -0.149. The fourth-order valence-corrected chi connectivity index (χ4v) is 5.43. The minimum absolute atomic E-state index is 0.00298. The highest BCUT2D eigenvalue weighted by atomic mass is 19.1. The fourth-order valence-electron chi connectivity index (χ4n) is 5.43. The van der Waals surface area contributed by atoms with E-state index in [0.717, 1.165) is 11.8 Å². The molecule has 43 heavy (non-hydrogen) atoms. The molecule has 1 saturated heterocycles. The maximum atomic E-state index is 13.8. The molecular weight excluding hydrogens is 556 g/mol. The van der Waals surface area contributed by atoms with Crippen molar-refractivity contribution >= 4 is 17.3 Å². The van der Waals surface area contributed by atoms with E-state index in [4.69, 9.17) is 10.1 Å². The number of halogens is 2. The summed E-state index contributed by atoms with van der Waals surface area (Å²) in [6, 6.07) is 12.2. The quantitative estimate of drug-likeness (QED) is 0.224.